The van der Waals surface area contributed by atoms with Crippen molar-refractivity contribution < 1.29 is 17.9 Å². The molecule has 4 rings (SSSR count). The van der Waals surface area contributed by atoms with Crippen molar-refractivity contribution in [3.05, 3.63) is 29.3 Å². The average molecular weight is 422 g/mol. The second kappa shape index (κ2) is 8.71. The lowest BCUT2D eigenvalue weighted by Crippen LogP contribution is -2.47. The van der Waals surface area contributed by atoms with Gasteiger partial charge >= 0.3 is 0 Å². The summed E-state index contributed by atoms with van der Waals surface area (Å²) in [5.74, 6) is 0.0139. The summed E-state index contributed by atoms with van der Waals surface area (Å²) in [5, 5.41) is 0. The normalized spacial score (nSPS) is 23.3. The Morgan fingerprint density at radius 1 is 1.17 bits per heavy atom. The predicted molar refractivity (Wildman–Crippen MR) is 110 cm³/mol. The maximum Gasteiger partial charge on any atom is 0.243 e. The monoisotopic (exact) mass is 421 g/mol. The summed E-state index contributed by atoms with van der Waals surface area (Å²) in [4.78, 5) is 16.8. The molecule has 1 aliphatic carbocycles. The van der Waals surface area contributed by atoms with Gasteiger partial charge in [-0.25, -0.2) is 8.42 Å². The van der Waals surface area contributed by atoms with Gasteiger partial charge in [0.25, 0.3) is 0 Å². The van der Waals surface area contributed by atoms with E-state index in [4.69, 9.17) is 4.74 Å². The summed E-state index contributed by atoms with van der Waals surface area (Å²) < 4.78 is 33.3. The molecule has 0 aromatic heterocycles. The largest absolute Gasteiger partial charge is 0.379 e. The zero-order chi connectivity index (χ0) is 20.4. The number of morpholine rings is 1. The number of sulfonamides is 1. The summed E-state index contributed by atoms with van der Waals surface area (Å²) in [6.07, 6.45) is 3.79. The second-order valence-electron chi connectivity index (χ2n) is 8.26. The van der Waals surface area contributed by atoms with Crippen LogP contribution in [0.4, 0.5) is 0 Å². The maximum atomic E-state index is 13.2. The average Bonchev–Trinajstić information content (AvgIpc) is 3.38. The van der Waals surface area contributed by atoms with Gasteiger partial charge in [-0.05, 0) is 48.9 Å². The van der Waals surface area contributed by atoms with E-state index >= 15 is 0 Å². The van der Waals surface area contributed by atoms with Gasteiger partial charge in [0.05, 0.1) is 18.1 Å². The number of amides is 1. The van der Waals surface area contributed by atoms with Crippen LogP contribution < -0.4 is 0 Å². The molecule has 0 spiro atoms. The zero-order valence-electron chi connectivity index (χ0n) is 17.2. The summed E-state index contributed by atoms with van der Waals surface area (Å²) in [6, 6.07) is 5.50. The SMILES string of the molecule is CC(=O)N(CCN1CCOCC1)C1CCN(S(=O)(=O)c2ccc3c(c2)CCC3)C1. The van der Waals surface area contributed by atoms with E-state index < -0.39 is 10.0 Å². The predicted octanol–water partition coefficient (Wildman–Crippen LogP) is 1.12. The number of aryl methyl sites for hydroxylation is 2. The minimum Gasteiger partial charge on any atom is -0.379 e. The van der Waals surface area contributed by atoms with Crippen molar-refractivity contribution in [3.8, 4) is 0 Å². The number of hydrogen-bond donors (Lipinski definition) is 0. The number of hydrogen-bond acceptors (Lipinski definition) is 5. The fourth-order valence-corrected chi connectivity index (χ4v) is 6.26. The van der Waals surface area contributed by atoms with Gasteiger partial charge in [0, 0.05) is 52.2 Å². The third-order valence-electron chi connectivity index (χ3n) is 6.44. The minimum absolute atomic E-state index is 0.0139. The Kier molecular flexibility index (Phi) is 6.24. The van der Waals surface area contributed by atoms with E-state index in [2.05, 4.69) is 4.90 Å². The van der Waals surface area contributed by atoms with Crippen LogP contribution >= 0.6 is 0 Å². The standard InChI is InChI=1S/C21H31N3O4S/c1-17(25)24(10-9-22-11-13-28-14-12-22)20-7-8-23(16-20)29(26,27)21-6-5-18-3-2-4-19(18)15-21/h5-6,15,20H,2-4,7-14,16H2,1H3. The molecule has 2 aliphatic heterocycles. The summed E-state index contributed by atoms with van der Waals surface area (Å²) in [6.45, 7) is 7.09. The molecule has 0 N–H and O–H groups in total. The van der Waals surface area contributed by atoms with Gasteiger partial charge in [-0.1, -0.05) is 6.07 Å². The van der Waals surface area contributed by atoms with E-state index in [1.54, 1.807) is 17.3 Å². The molecule has 1 aromatic carbocycles. The molecule has 8 heteroatoms. The summed E-state index contributed by atoms with van der Waals surface area (Å²) in [5.41, 5.74) is 2.44. The molecule has 160 valence electrons. The van der Waals surface area contributed by atoms with Gasteiger partial charge in [-0.15, -0.1) is 0 Å². The summed E-state index contributed by atoms with van der Waals surface area (Å²) in [7, 11) is -3.52. The van der Waals surface area contributed by atoms with Crippen LogP contribution in [0.15, 0.2) is 23.1 Å². The molecule has 3 aliphatic rings. The van der Waals surface area contributed by atoms with E-state index in [1.165, 1.54) is 5.56 Å². The molecule has 1 aromatic rings. The van der Waals surface area contributed by atoms with Crippen LogP contribution in [0.1, 0.15) is 30.9 Å². The van der Waals surface area contributed by atoms with Crippen molar-refractivity contribution in [2.24, 2.45) is 0 Å². The van der Waals surface area contributed by atoms with E-state index in [9.17, 15) is 13.2 Å². The van der Waals surface area contributed by atoms with Crippen molar-refractivity contribution >= 4 is 15.9 Å². The molecule has 2 fully saturated rings. The van der Waals surface area contributed by atoms with Crippen molar-refractivity contribution in [2.45, 2.75) is 43.5 Å². The maximum absolute atomic E-state index is 13.2. The Morgan fingerprint density at radius 3 is 2.69 bits per heavy atom. The Hall–Kier alpha value is -1.48. The quantitative estimate of drug-likeness (QED) is 0.689. The summed E-state index contributed by atoms with van der Waals surface area (Å²) >= 11 is 0. The molecule has 0 saturated carbocycles. The second-order valence-corrected chi connectivity index (χ2v) is 10.2. The van der Waals surface area contributed by atoms with Gasteiger partial charge < -0.3 is 9.64 Å². The van der Waals surface area contributed by atoms with Gasteiger partial charge in [-0.3, -0.25) is 9.69 Å². The lowest BCUT2D eigenvalue weighted by Gasteiger charge is -2.32. The van der Waals surface area contributed by atoms with Gasteiger partial charge in [0.1, 0.15) is 0 Å². The van der Waals surface area contributed by atoms with Crippen LogP contribution in [0.5, 0.6) is 0 Å². The van der Waals surface area contributed by atoms with Crippen molar-refractivity contribution in [3.63, 3.8) is 0 Å². The molecule has 0 radical (unpaired) electrons. The first-order valence-corrected chi connectivity index (χ1v) is 12.1. The Morgan fingerprint density at radius 2 is 1.93 bits per heavy atom. The minimum atomic E-state index is -3.52. The van der Waals surface area contributed by atoms with Crippen LogP contribution in [0, 0.1) is 0 Å². The van der Waals surface area contributed by atoms with Crippen molar-refractivity contribution in [1.82, 2.24) is 14.1 Å². The lowest BCUT2D eigenvalue weighted by atomic mass is 10.1. The van der Waals surface area contributed by atoms with Crippen LogP contribution in [0.2, 0.25) is 0 Å². The molecule has 2 saturated heterocycles. The highest BCUT2D eigenvalue weighted by Crippen LogP contribution is 2.28. The number of carbonyl (C=O) groups is 1. The molecule has 29 heavy (non-hydrogen) atoms. The van der Waals surface area contributed by atoms with Crippen LogP contribution in [0.3, 0.4) is 0 Å². The zero-order valence-corrected chi connectivity index (χ0v) is 18.0. The fourth-order valence-electron chi connectivity index (χ4n) is 4.71. The van der Waals surface area contributed by atoms with E-state index in [0.717, 1.165) is 57.7 Å². The molecular weight excluding hydrogens is 390 g/mol. The highest BCUT2D eigenvalue weighted by Gasteiger charge is 2.36. The number of carbonyl (C=O) groups excluding carboxylic acids is 1. The van der Waals surface area contributed by atoms with E-state index in [0.29, 0.717) is 31.0 Å². The Labute approximate surface area is 173 Å². The van der Waals surface area contributed by atoms with Gasteiger partial charge in [0.15, 0.2) is 0 Å². The fraction of sp³-hybridized carbons (Fsp3) is 0.667. The Bertz CT molecular complexity index is 851. The molecule has 1 atom stereocenters. The smallest absolute Gasteiger partial charge is 0.243 e. The number of ether oxygens (including phenoxy) is 1. The first kappa shape index (κ1) is 20.8. The number of nitrogens with zero attached hydrogens (tertiary/aromatic N) is 3. The van der Waals surface area contributed by atoms with Crippen LogP contribution in [-0.4, -0.2) is 87.0 Å². The lowest BCUT2D eigenvalue weighted by molar-refractivity contribution is -0.131. The molecular formula is C21H31N3O4S. The van der Waals surface area contributed by atoms with Crippen LogP contribution in [-0.2, 0) is 32.4 Å². The van der Waals surface area contributed by atoms with Gasteiger partial charge in [0.2, 0.25) is 15.9 Å². The number of benzene rings is 1. The van der Waals surface area contributed by atoms with Crippen molar-refractivity contribution in [2.75, 3.05) is 52.5 Å². The highest BCUT2D eigenvalue weighted by molar-refractivity contribution is 7.89. The third kappa shape index (κ3) is 4.50. The first-order valence-electron chi connectivity index (χ1n) is 10.6. The first-order chi connectivity index (χ1) is 13.9. The topological polar surface area (TPSA) is 70.2 Å². The molecule has 1 unspecified atom stereocenters. The van der Waals surface area contributed by atoms with Gasteiger partial charge in [-0.2, -0.15) is 4.31 Å². The third-order valence-corrected chi connectivity index (χ3v) is 8.30. The molecule has 0 bridgehead atoms. The Balaban J connectivity index is 1.41. The number of fused-ring (bicyclic) bond motifs is 1. The van der Waals surface area contributed by atoms with E-state index in [1.807, 2.05) is 17.0 Å². The number of rotatable bonds is 6. The molecule has 7 nitrogen and oxygen atoms in total. The van der Waals surface area contributed by atoms with Crippen LogP contribution in [0.25, 0.3) is 0 Å². The highest BCUT2D eigenvalue weighted by atomic mass is 32.2. The molecule has 2 heterocycles. The molecule has 1 amide bonds. The van der Waals surface area contributed by atoms with Crippen molar-refractivity contribution in [1.29, 1.82) is 0 Å². The van der Waals surface area contributed by atoms with E-state index in [-0.39, 0.29) is 11.9 Å².